The lowest BCUT2D eigenvalue weighted by Gasteiger charge is -2.15. The molecule has 17 heavy (non-hydrogen) atoms. The molecule has 0 spiro atoms. The van der Waals surface area contributed by atoms with E-state index in [1.165, 1.54) is 7.11 Å². The van der Waals surface area contributed by atoms with Gasteiger partial charge in [0, 0.05) is 25.7 Å². The summed E-state index contributed by atoms with van der Waals surface area (Å²) in [4.78, 5) is 13.7. The number of hydrogen-bond donors (Lipinski definition) is 1. The number of nitrogens with zero attached hydrogens (tertiary/aromatic N) is 1. The zero-order valence-electron chi connectivity index (χ0n) is 10.1. The van der Waals surface area contributed by atoms with Gasteiger partial charge in [0.25, 0.3) is 0 Å². The van der Waals surface area contributed by atoms with Crippen LogP contribution in [0.4, 0.5) is 0 Å². The van der Waals surface area contributed by atoms with Gasteiger partial charge in [-0.3, -0.25) is 4.90 Å². The van der Waals surface area contributed by atoms with E-state index in [2.05, 4.69) is 4.90 Å². The molecule has 1 aromatic rings. The summed E-state index contributed by atoms with van der Waals surface area (Å²) in [5.74, 6) is -0.287. The Labute approximate surface area is 101 Å². The lowest BCUT2D eigenvalue weighted by atomic mass is 10.1. The van der Waals surface area contributed by atoms with E-state index in [9.17, 15) is 4.79 Å². The minimum Gasteiger partial charge on any atom is -0.465 e. The highest BCUT2D eigenvalue weighted by atomic mass is 16.5. The first-order valence-electron chi connectivity index (χ1n) is 5.84. The van der Waals surface area contributed by atoms with E-state index in [0.29, 0.717) is 11.6 Å². The van der Waals surface area contributed by atoms with E-state index in [1.807, 2.05) is 18.2 Å². The molecule has 0 bridgehead atoms. The van der Waals surface area contributed by atoms with Crippen LogP contribution in [0.5, 0.6) is 0 Å². The third-order valence-corrected chi connectivity index (χ3v) is 3.06. The Hall–Kier alpha value is -1.39. The van der Waals surface area contributed by atoms with E-state index in [-0.39, 0.29) is 5.97 Å². The fraction of sp³-hybridized carbons (Fsp3) is 0.462. The highest BCUT2D eigenvalue weighted by Crippen LogP contribution is 2.13. The molecule has 4 nitrogen and oxygen atoms in total. The molecule has 0 radical (unpaired) electrons. The third kappa shape index (κ3) is 3.05. The third-order valence-electron chi connectivity index (χ3n) is 3.06. The second kappa shape index (κ2) is 5.29. The van der Waals surface area contributed by atoms with Crippen LogP contribution in [0.2, 0.25) is 0 Å². The molecule has 0 aliphatic carbocycles. The minimum atomic E-state index is -0.287. The summed E-state index contributed by atoms with van der Waals surface area (Å²) in [6, 6.07) is 7.85. The van der Waals surface area contributed by atoms with Gasteiger partial charge in [-0.05, 0) is 24.1 Å². The Kier molecular flexibility index (Phi) is 3.76. The van der Waals surface area contributed by atoms with Gasteiger partial charge in [-0.15, -0.1) is 0 Å². The summed E-state index contributed by atoms with van der Waals surface area (Å²) >= 11 is 0. The molecule has 1 aliphatic rings. The van der Waals surface area contributed by atoms with E-state index in [0.717, 1.165) is 31.6 Å². The molecule has 1 unspecified atom stereocenters. The Morgan fingerprint density at radius 3 is 3.06 bits per heavy atom. The van der Waals surface area contributed by atoms with Crippen molar-refractivity contribution in [3.63, 3.8) is 0 Å². The molecule has 1 atom stereocenters. The first-order valence-corrected chi connectivity index (χ1v) is 5.84. The number of carbonyl (C=O) groups is 1. The lowest BCUT2D eigenvalue weighted by molar-refractivity contribution is 0.0600. The maximum absolute atomic E-state index is 11.4. The average Bonchev–Trinajstić information content (AvgIpc) is 2.74. The summed E-state index contributed by atoms with van der Waals surface area (Å²) in [5, 5.41) is 0. The largest absolute Gasteiger partial charge is 0.465 e. The number of hydrogen-bond acceptors (Lipinski definition) is 4. The van der Waals surface area contributed by atoms with Crippen LogP contribution in [0.1, 0.15) is 22.3 Å². The number of methoxy groups -OCH3 is 1. The lowest BCUT2D eigenvalue weighted by Crippen LogP contribution is -2.26. The predicted octanol–water partition coefficient (Wildman–Crippen LogP) is 1.01. The second-order valence-electron chi connectivity index (χ2n) is 4.48. The average molecular weight is 234 g/mol. The number of nitrogens with two attached hydrogens (primary N) is 1. The molecular formula is C13H18N2O2. The van der Waals surface area contributed by atoms with Gasteiger partial charge in [0.2, 0.25) is 0 Å². The van der Waals surface area contributed by atoms with Crippen molar-refractivity contribution in [2.75, 3.05) is 20.2 Å². The molecule has 92 valence electrons. The monoisotopic (exact) mass is 234 g/mol. The van der Waals surface area contributed by atoms with Crippen LogP contribution in [-0.2, 0) is 11.3 Å². The number of carbonyl (C=O) groups excluding carboxylic acids is 1. The van der Waals surface area contributed by atoms with Crippen molar-refractivity contribution >= 4 is 5.97 Å². The fourth-order valence-corrected chi connectivity index (χ4v) is 2.18. The summed E-state index contributed by atoms with van der Waals surface area (Å²) in [7, 11) is 1.40. The van der Waals surface area contributed by atoms with Crippen molar-refractivity contribution in [2.45, 2.75) is 19.0 Å². The van der Waals surface area contributed by atoms with Crippen molar-refractivity contribution < 1.29 is 9.53 Å². The first-order chi connectivity index (χ1) is 8.19. The Morgan fingerprint density at radius 1 is 1.59 bits per heavy atom. The van der Waals surface area contributed by atoms with Gasteiger partial charge in [0.05, 0.1) is 12.7 Å². The van der Waals surface area contributed by atoms with Crippen LogP contribution in [0.25, 0.3) is 0 Å². The van der Waals surface area contributed by atoms with Crippen molar-refractivity contribution in [2.24, 2.45) is 5.73 Å². The van der Waals surface area contributed by atoms with E-state index < -0.39 is 0 Å². The van der Waals surface area contributed by atoms with E-state index in [4.69, 9.17) is 10.5 Å². The molecule has 4 heteroatoms. The molecule has 2 rings (SSSR count). The number of benzene rings is 1. The Morgan fingerprint density at radius 2 is 2.41 bits per heavy atom. The van der Waals surface area contributed by atoms with Gasteiger partial charge in [-0.1, -0.05) is 12.1 Å². The molecule has 1 aliphatic heterocycles. The SMILES string of the molecule is COC(=O)c1cccc(CN2CCC(N)C2)c1. The van der Waals surface area contributed by atoms with E-state index in [1.54, 1.807) is 6.07 Å². The Bertz CT molecular complexity index is 406. The maximum Gasteiger partial charge on any atom is 0.337 e. The quantitative estimate of drug-likeness (QED) is 0.793. The van der Waals surface area contributed by atoms with Gasteiger partial charge in [-0.25, -0.2) is 4.79 Å². The number of rotatable bonds is 3. The van der Waals surface area contributed by atoms with Gasteiger partial charge < -0.3 is 10.5 Å². The van der Waals surface area contributed by atoms with Crippen LogP contribution in [0, 0.1) is 0 Å². The highest BCUT2D eigenvalue weighted by molar-refractivity contribution is 5.89. The molecule has 1 aromatic carbocycles. The van der Waals surface area contributed by atoms with Crippen LogP contribution in [0.15, 0.2) is 24.3 Å². The number of esters is 1. The predicted molar refractivity (Wildman–Crippen MR) is 65.7 cm³/mol. The van der Waals surface area contributed by atoms with E-state index >= 15 is 0 Å². The van der Waals surface area contributed by atoms with Gasteiger partial charge in [0.15, 0.2) is 0 Å². The van der Waals surface area contributed by atoms with Gasteiger partial charge in [0.1, 0.15) is 0 Å². The van der Waals surface area contributed by atoms with Gasteiger partial charge >= 0.3 is 5.97 Å². The fourth-order valence-electron chi connectivity index (χ4n) is 2.18. The van der Waals surface area contributed by atoms with Crippen LogP contribution in [-0.4, -0.2) is 37.1 Å². The number of likely N-dealkylation sites (tertiary alicyclic amines) is 1. The molecule has 0 aromatic heterocycles. The summed E-state index contributed by atoms with van der Waals surface area (Å²) in [6.07, 6.45) is 1.05. The molecule has 2 N–H and O–H groups in total. The first kappa shape index (κ1) is 12.1. The van der Waals surface area contributed by atoms with Crippen LogP contribution < -0.4 is 5.73 Å². The normalized spacial score (nSPS) is 20.5. The summed E-state index contributed by atoms with van der Waals surface area (Å²) in [5.41, 5.74) is 7.59. The number of ether oxygens (including phenoxy) is 1. The molecule has 0 amide bonds. The highest BCUT2D eigenvalue weighted by Gasteiger charge is 2.19. The van der Waals surface area contributed by atoms with Crippen LogP contribution >= 0.6 is 0 Å². The molecule has 1 heterocycles. The topological polar surface area (TPSA) is 55.6 Å². The maximum atomic E-state index is 11.4. The Balaban J connectivity index is 2.03. The van der Waals surface area contributed by atoms with Crippen molar-refractivity contribution in [1.29, 1.82) is 0 Å². The van der Waals surface area contributed by atoms with Crippen molar-refractivity contribution in [1.82, 2.24) is 4.90 Å². The standard InChI is InChI=1S/C13H18N2O2/c1-17-13(16)11-4-2-3-10(7-11)8-15-6-5-12(14)9-15/h2-4,7,12H,5-6,8-9,14H2,1H3. The van der Waals surface area contributed by atoms with Crippen molar-refractivity contribution in [3.8, 4) is 0 Å². The van der Waals surface area contributed by atoms with Crippen LogP contribution in [0.3, 0.4) is 0 Å². The molecule has 1 saturated heterocycles. The smallest absolute Gasteiger partial charge is 0.337 e. The second-order valence-corrected chi connectivity index (χ2v) is 4.48. The molecular weight excluding hydrogens is 216 g/mol. The van der Waals surface area contributed by atoms with Crippen molar-refractivity contribution in [3.05, 3.63) is 35.4 Å². The zero-order chi connectivity index (χ0) is 12.3. The minimum absolute atomic E-state index is 0.287. The zero-order valence-corrected chi connectivity index (χ0v) is 10.1. The molecule has 0 saturated carbocycles. The molecule has 1 fully saturated rings. The van der Waals surface area contributed by atoms with Gasteiger partial charge in [-0.2, -0.15) is 0 Å². The summed E-state index contributed by atoms with van der Waals surface area (Å²) < 4.78 is 4.71. The summed E-state index contributed by atoms with van der Waals surface area (Å²) in [6.45, 7) is 2.81.